The van der Waals surface area contributed by atoms with Crippen molar-refractivity contribution in [3.8, 4) is 0 Å². The summed E-state index contributed by atoms with van der Waals surface area (Å²) in [6.45, 7) is 0.778. The number of hydrogen-bond acceptors (Lipinski definition) is 3. The van der Waals surface area contributed by atoms with Gasteiger partial charge in [-0.1, -0.05) is 0 Å². The Morgan fingerprint density at radius 2 is 2.30 bits per heavy atom. The minimum absolute atomic E-state index is 0.159. The average Bonchev–Trinajstić information content (AvgIpc) is 1.87. The Balaban J connectivity index is 3.05. The van der Waals surface area contributed by atoms with Gasteiger partial charge < -0.3 is 0 Å². The van der Waals surface area contributed by atoms with Crippen LogP contribution in [0.25, 0.3) is 0 Å². The van der Waals surface area contributed by atoms with Crippen LogP contribution in [0.3, 0.4) is 0 Å². The zero-order valence-electron chi connectivity index (χ0n) is 6.09. The van der Waals surface area contributed by atoms with Crippen LogP contribution in [0.15, 0.2) is 4.99 Å². The molecule has 0 bridgehead atoms. The summed E-state index contributed by atoms with van der Waals surface area (Å²) < 4.78 is 7.22. The predicted molar refractivity (Wildman–Crippen MR) is 50.0 cm³/mol. The van der Waals surface area contributed by atoms with Crippen LogP contribution in [0.1, 0.15) is 12.8 Å². The zero-order valence-corrected chi connectivity index (χ0v) is 7.73. The van der Waals surface area contributed by atoms with Gasteiger partial charge in [0.25, 0.3) is 0 Å². The highest BCUT2D eigenvalue weighted by Crippen LogP contribution is 1.91. The molecule has 1 N–H and O–H groups in total. The second-order valence-corrected chi connectivity index (χ2v) is 3.89. The zero-order chi connectivity index (χ0) is 7.82. The van der Waals surface area contributed by atoms with Gasteiger partial charge >= 0.3 is 0 Å². The van der Waals surface area contributed by atoms with Gasteiger partial charge in [0, 0.05) is 12.3 Å². The van der Waals surface area contributed by atoms with E-state index < -0.39 is 0 Å². The summed E-state index contributed by atoms with van der Waals surface area (Å²) >= 11 is 4.40. The fraction of sp³-hybridized carbons (Fsp3) is 0.833. The average molecular weight is 176 g/mol. The summed E-state index contributed by atoms with van der Waals surface area (Å²) in [4.78, 5) is 3.78. The Bertz CT molecular complexity index is 146. The lowest BCUT2D eigenvalue weighted by Crippen LogP contribution is -1.92. The third-order valence-corrected chi connectivity index (χ3v) is 2.07. The summed E-state index contributed by atoms with van der Waals surface area (Å²) in [5.74, 6) is 0.993. The van der Waals surface area contributed by atoms with Crippen molar-refractivity contribution in [2.24, 2.45) is 4.99 Å². The van der Waals surface area contributed by atoms with E-state index in [1.54, 1.807) is 0 Å². The molecule has 0 fully saturated rings. The molecule has 0 saturated heterocycles. The van der Waals surface area contributed by atoms with Crippen LogP contribution in [0.4, 0.5) is 0 Å². The van der Waals surface area contributed by atoms with Gasteiger partial charge in [-0.2, -0.15) is 0 Å². The summed E-state index contributed by atoms with van der Waals surface area (Å²) in [7, 11) is -0.159. The number of unbranched alkanes of at least 4 members (excludes halogenated alkanes) is 1. The number of nitrogens with one attached hydrogen (secondary N) is 1. The van der Waals surface area contributed by atoms with Gasteiger partial charge in [0.15, 0.2) is 0 Å². The molecule has 1 atom stereocenters. The molecule has 0 aromatic heterocycles. The number of isothiocyanates is 1. The highest BCUT2D eigenvalue weighted by atomic mass is 32.2. The van der Waals surface area contributed by atoms with E-state index in [-0.39, 0.29) is 10.7 Å². The van der Waals surface area contributed by atoms with E-state index in [4.69, 9.17) is 4.78 Å². The third-order valence-electron chi connectivity index (χ3n) is 1.03. The lowest BCUT2D eigenvalue weighted by molar-refractivity contribution is 0.818. The maximum atomic E-state index is 7.22. The molecule has 0 aliphatic heterocycles. The van der Waals surface area contributed by atoms with Gasteiger partial charge in [-0.25, -0.2) is 4.99 Å². The van der Waals surface area contributed by atoms with Gasteiger partial charge in [-0.15, -0.1) is 10.7 Å². The Kier molecular flexibility index (Phi) is 7.03. The molecular weight excluding hydrogens is 164 g/mol. The normalized spacial score (nSPS) is 12.1. The number of thiocarbonyl (C=S) groups is 1. The first-order valence-corrected chi connectivity index (χ1v) is 5.36. The number of nitrogens with zero attached hydrogens (tertiary/aromatic N) is 1. The summed E-state index contributed by atoms with van der Waals surface area (Å²) in [5.41, 5.74) is 0. The molecule has 0 radical (unpaired) electrons. The van der Waals surface area contributed by atoms with Gasteiger partial charge in [-0.05, 0) is 31.3 Å². The summed E-state index contributed by atoms with van der Waals surface area (Å²) in [5, 5.41) is 2.32. The lowest BCUT2D eigenvalue weighted by Gasteiger charge is -1.95. The molecule has 10 heavy (non-hydrogen) atoms. The number of aliphatic imine (C=N–C) groups is 1. The highest BCUT2D eigenvalue weighted by Gasteiger charge is 1.86. The van der Waals surface area contributed by atoms with Gasteiger partial charge in [0.2, 0.25) is 0 Å². The van der Waals surface area contributed by atoms with Crippen molar-refractivity contribution in [3.63, 3.8) is 0 Å². The molecular formula is C6H12N2S2. The van der Waals surface area contributed by atoms with E-state index in [1.807, 2.05) is 6.26 Å². The Labute approximate surface area is 69.6 Å². The van der Waals surface area contributed by atoms with Crippen LogP contribution in [-0.4, -0.2) is 23.7 Å². The minimum Gasteiger partial charge on any atom is -0.281 e. The molecule has 0 aromatic carbocycles. The van der Waals surface area contributed by atoms with E-state index in [0.29, 0.717) is 0 Å². The first kappa shape index (κ1) is 9.95. The van der Waals surface area contributed by atoms with E-state index in [0.717, 1.165) is 25.1 Å². The quantitative estimate of drug-likeness (QED) is 0.387. The lowest BCUT2D eigenvalue weighted by atomic mass is 10.3. The largest absolute Gasteiger partial charge is 0.281 e. The van der Waals surface area contributed by atoms with Crippen molar-refractivity contribution in [3.05, 3.63) is 0 Å². The van der Waals surface area contributed by atoms with Crippen molar-refractivity contribution in [2.75, 3.05) is 18.6 Å². The van der Waals surface area contributed by atoms with Crippen molar-refractivity contribution in [2.45, 2.75) is 12.8 Å². The van der Waals surface area contributed by atoms with Crippen molar-refractivity contribution < 1.29 is 0 Å². The summed E-state index contributed by atoms with van der Waals surface area (Å²) in [6, 6.07) is 0. The van der Waals surface area contributed by atoms with E-state index in [9.17, 15) is 0 Å². The van der Waals surface area contributed by atoms with Gasteiger partial charge in [0.1, 0.15) is 0 Å². The Morgan fingerprint density at radius 3 is 2.80 bits per heavy atom. The molecule has 1 unspecified atom stereocenters. The fourth-order valence-electron chi connectivity index (χ4n) is 0.555. The molecule has 58 valence electrons. The highest BCUT2D eigenvalue weighted by molar-refractivity contribution is 7.85. The van der Waals surface area contributed by atoms with E-state index in [2.05, 4.69) is 22.4 Å². The third kappa shape index (κ3) is 7.95. The molecule has 0 heterocycles. The van der Waals surface area contributed by atoms with Crippen LogP contribution in [0.5, 0.6) is 0 Å². The van der Waals surface area contributed by atoms with Crippen molar-refractivity contribution in [1.29, 1.82) is 4.78 Å². The minimum atomic E-state index is -0.159. The Morgan fingerprint density at radius 1 is 1.60 bits per heavy atom. The second-order valence-electron chi connectivity index (χ2n) is 2.02. The monoisotopic (exact) mass is 176 g/mol. The van der Waals surface area contributed by atoms with E-state index in [1.165, 1.54) is 0 Å². The molecule has 4 heteroatoms. The van der Waals surface area contributed by atoms with Gasteiger partial charge in [-0.3, -0.25) is 4.78 Å². The molecule has 0 saturated carbocycles. The predicted octanol–water partition coefficient (Wildman–Crippen LogP) is 1.88. The molecule has 0 rings (SSSR count). The second kappa shape index (κ2) is 7.06. The first-order valence-electron chi connectivity index (χ1n) is 3.15. The van der Waals surface area contributed by atoms with Crippen molar-refractivity contribution in [1.82, 2.24) is 0 Å². The SMILES string of the molecule is CS(=N)CCCCN=C=S. The van der Waals surface area contributed by atoms with Crippen LogP contribution in [0, 0.1) is 4.78 Å². The molecule has 0 aliphatic rings. The van der Waals surface area contributed by atoms with Crippen LogP contribution < -0.4 is 0 Å². The number of rotatable bonds is 5. The molecule has 2 nitrogen and oxygen atoms in total. The van der Waals surface area contributed by atoms with Crippen LogP contribution in [0.2, 0.25) is 0 Å². The van der Waals surface area contributed by atoms with Crippen molar-refractivity contribution >= 4 is 28.1 Å². The maximum absolute atomic E-state index is 7.22. The molecule has 0 aromatic rings. The molecule has 0 aliphatic carbocycles. The Hall–Kier alpha value is -0.0500. The molecule has 0 amide bonds. The smallest absolute Gasteiger partial charge is 0.0584 e. The topological polar surface area (TPSA) is 36.2 Å². The van der Waals surface area contributed by atoms with Crippen LogP contribution >= 0.6 is 12.2 Å². The number of hydrogen-bond donors (Lipinski definition) is 1. The van der Waals surface area contributed by atoms with Crippen LogP contribution in [-0.2, 0) is 10.7 Å². The van der Waals surface area contributed by atoms with E-state index >= 15 is 0 Å². The fourth-order valence-corrected chi connectivity index (χ4v) is 1.28. The van der Waals surface area contributed by atoms with Gasteiger partial charge in [0.05, 0.1) is 5.16 Å². The first-order chi connectivity index (χ1) is 4.77. The molecule has 0 spiro atoms. The standard InChI is InChI=1S/C6H12N2S2/c1-10(7)5-3-2-4-8-6-9/h7H,2-5H2,1H3. The summed E-state index contributed by atoms with van der Waals surface area (Å²) in [6.07, 6.45) is 4.06. The maximum Gasteiger partial charge on any atom is 0.0584 e.